The molecular formula is C17H16N6OS. The van der Waals surface area contributed by atoms with Crippen molar-refractivity contribution in [2.75, 3.05) is 5.32 Å². The van der Waals surface area contributed by atoms with Gasteiger partial charge < -0.3 is 9.84 Å². The highest BCUT2D eigenvalue weighted by molar-refractivity contribution is 7.16. The van der Waals surface area contributed by atoms with Gasteiger partial charge in [0.2, 0.25) is 11.7 Å². The largest absolute Gasteiger partial charge is 0.358 e. The zero-order chi connectivity index (χ0) is 17.2. The molecule has 0 aliphatic carbocycles. The summed E-state index contributed by atoms with van der Waals surface area (Å²) in [5.74, 6) is 2.05. The normalized spacial score (nSPS) is 12.6. The number of pyridine rings is 1. The molecule has 4 heterocycles. The van der Waals surface area contributed by atoms with Crippen LogP contribution in [0.25, 0.3) is 21.6 Å². The van der Waals surface area contributed by atoms with Crippen LogP contribution >= 0.6 is 11.3 Å². The number of fused-ring (bicyclic) bond motifs is 1. The second-order valence-corrected chi connectivity index (χ2v) is 6.82. The second kappa shape index (κ2) is 6.56. The van der Waals surface area contributed by atoms with E-state index < -0.39 is 0 Å². The molecule has 4 aromatic heterocycles. The lowest BCUT2D eigenvalue weighted by atomic mass is 10.0. The summed E-state index contributed by atoms with van der Waals surface area (Å²) in [6, 6.07) is 5.60. The number of rotatable bonds is 5. The van der Waals surface area contributed by atoms with Crippen LogP contribution < -0.4 is 5.32 Å². The molecule has 1 unspecified atom stereocenters. The Kier molecular flexibility index (Phi) is 4.10. The average molecular weight is 352 g/mol. The van der Waals surface area contributed by atoms with E-state index >= 15 is 0 Å². The summed E-state index contributed by atoms with van der Waals surface area (Å²) in [6.45, 7) is 4.19. The van der Waals surface area contributed by atoms with Gasteiger partial charge in [0, 0.05) is 18.0 Å². The van der Waals surface area contributed by atoms with E-state index in [9.17, 15) is 0 Å². The minimum absolute atomic E-state index is 0.157. The summed E-state index contributed by atoms with van der Waals surface area (Å²) < 4.78 is 5.52. The van der Waals surface area contributed by atoms with Gasteiger partial charge in [-0.3, -0.25) is 4.98 Å². The monoisotopic (exact) mass is 352 g/mol. The van der Waals surface area contributed by atoms with Crippen LogP contribution in [0.5, 0.6) is 0 Å². The van der Waals surface area contributed by atoms with Crippen LogP contribution in [0.1, 0.15) is 25.8 Å². The fraction of sp³-hybridized carbons (Fsp3) is 0.235. The number of thiophene rings is 1. The topological polar surface area (TPSA) is 89.6 Å². The molecule has 0 radical (unpaired) electrons. The van der Waals surface area contributed by atoms with Gasteiger partial charge in [0.05, 0.1) is 5.39 Å². The molecule has 0 aliphatic rings. The molecule has 0 aliphatic heterocycles. The molecular weight excluding hydrogens is 336 g/mol. The Morgan fingerprint density at radius 1 is 1.20 bits per heavy atom. The predicted molar refractivity (Wildman–Crippen MR) is 96.1 cm³/mol. The fourth-order valence-corrected chi connectivity index (χ4v) is 3.27. The third-order valence-corrected chi connectivity index (χ3v) is 4.67. The van der Waals surface area contributed by atoms with Gasteiger partial charge in [0.25, 0.3) is 0 Å². The molecule has 0 saturated heterocycles. The van der Waals surface area contributed by atoms with Crippen LogP contribution in [0.3, 0.4) is 0 Å². The lowest BCUT2D eigenvalue weighted by molar-refractivity contribution is 0.336. The van der Waals surface area contributed by atoms with Crippen molar-refractivity contribution in [3.8, 4) is 11.4 Å². The third kappa shape index (κ3) is 3.08. The van der Waals surface area contributed by atoms with Crippen LogP contribution in [0.2, 0.25) is 0 Å². The predicted octanol–water partition coefficient (Wildman–Crippen LogP) is 3.95. The minimum Gasteiger partial charge on any atom is -0.358 e. The second-order valence-electron chi connectivity index (χ2n) is 5.93. The molecule has 1 N–H and O–H groups in total. The molecule has 4 rings (SSSR count). The number of anilines is 1. The zero-order valence-electron chi connectivity index (χ0n) is 13.7. The quantitative estimate of drug-likeness (QED) is 0.581. The summed E-state index contributed by atoms with van der Waals surface area (Å²) in [4.78, 5) is 18.2. The Hall–Kier alpha value is -2.87. The highest BCUT2D eigenvalue weighted by atomic mass is 32.1. The molecule has 0 spiro atoms. The Bertz CT molecular complexity index is 981. The average Bonchev–Trinajstić information content (AvgIpc) is 3.30. The number of aromatic nitrogens is 5. The molecule has 0 bridgehead atoms. The first-order valence-corrected chi connectivity index (χ1v) is 8.79. The Labute approximate surface area is 148 Å². The van der Waals surface area contributed by atoms with Crippen LogP contribution in [-0.2, 0) is 0 Å². The van der Waals surface area contributed by atoms with Crippen LogP contribution in [0, 0.1) is 5.92 Å². The zero-order valence-corrected chi connectivity index (χ0v) is 14.6. The molecule has 25 heavy (non-hydrogen) atoms. The fourth-order valence-electron chi connectivity index (χ4n) is 2.54. The van der Waals surface area contributed by atoms with Crippen LogP contribution in [0.15, 0.2) is 46.8 Å². The van der Waals surface area contributed by atoms with Crippen molar-refractivity contribution in [2.45, 2.75) is 19.9 Å². The maximum Gasteiger partial charge on any atom is 0.249 e. The van der Waals surface area contributed by atoms with E-state index in [0.717, 1.165) is 21.6 Å². The first-order chi connectivity index (χ1) is 12.2. The van der Waals surface area contributed by atoms with Crippen molar-refractivity contribution >= 4 is 27.4 Å². The van der Waals surface area contributed by atoms with E-state index in [0.29, 0.717) is 11.7 Å². The number of hydrogen-bond donors (Lipinski definition) is 1. The van der Waals surface area contributed by atoms with Crippen LogP contribution in [-0.4, -0.2) is 25.1 Å². The summed E-state index contributed by atoms with van der Waals surface area (Å²) in [6.07, 6.45) is 4.99. The van der Waals surface area contributed by atoms with Gasteiger partial charge in [-0.15, -0.1) is 11.3 Å². The smallest absolute Gasteiger partial charge is 0.249 e. The van der Waals surface area contributed by atoms with E-state index in [1.165, 1.54) is 0 Å². The highest BCUT2D eigenvalue weighted by Crippen LogP contribution is 2.30. The SMILES string of the molecule is CC(C)C(Nc1ncnc2sccc12)c1nc(-c2cccnc2)no1. The molecule has 1 atom stereocenters. The van der Waals surface area contributed by atoms with Crippen molar-refractivity contribution in [1.29, 1.82) is 0 Å². The van der Waals surface area contributed by atoms with Crippen molar-refractivity contribution in [1.82, 2.24) is 25.1 Å². The van der Waals surface area contributed by atoms with Gasteiger partial charge in [-0.1, -0.05) is 19.0 Å². The molecule has 0 fully saturated rings. The Morgan fingerprint density at radius 2 is 2.12 bits per heavy atom. The van der Waals surface area contributed by atoms with Crippen molar-refractivity contribution in [2.24, 2.45) is 5.92 Å². The van der Waals surface area contributed by atoms with Gasteiger partial charge in [0.15, 0.2) is 0 Å². The molecule has 0 amide bonds. The van der Waals surface area contributed by atoms with Gasteiger partial charge in [-0.25, -0.2) is 9.97 Å². The summed E-state index contributed by atoms with van der Waals surface area (Å²) in [7, 11) is 0. The summed E-state index contributed by atoms with van der Waals surface area (Å²) in [5.41, 5.74) is 0.822. The van der Waals surface area contributed by atoms with E-state index in [1.807, 2.05) is 23.6 Å². The Balaban J connectivity index is 1.66. The first kappa shape index (κ1) is 15.6. The molecule has 8 heteroatoms. The van der Waals surface area contributed by atoms with Crippen molar-refractivity contribution in [3.05, 3.63) is 48.2 Å². The standard InChI is InChI=1S/C17H16N6OS/c1-10(2)13(21-15-12-5-7-25-17(12)20-9-19-15)16-22-14(23-24-16)11-4-3-6-18-8-11/h3-10,13H,1-2H3,(H,19,20,21). The maximum atomic E-state index is 5.52. The molecule has 0 aromatic carbocycles. The Morgan fingerprint density at radius 3 is 2.92 bits per heavy atom. The summed E-state index contributed by atoms with van der Waals surface area (Å²) >= 11 is 1.58. The minimum atomic E-state index is -0.157. The first-order valence-electron chi connectivity index (χ1n) is 7.91. The maximum absolute atomic E-state index is 5.52. The van der Waals surface area contributed by atoms with Crippen molar-refractivity contribution < 1.29 is 4.52 Å². The van der Waals surface area contributed by atoms with Gasteiger partial charge in [-0.05, 0) is 29.5 Å². The number of nitrogens with one attached hydrogen (secondary N) is 1. The van der Waals surface area contributed by atoms with Crippen molar-refractivity contribution in [3.63, 3.8) is 0 Å². The molecule has 0 saturated carbocycles. The van der Waals surface area contributed by atoms with E-state index in [1.54, 1.807) is 30.1 Å². The highest BCUT2D eigenvalue weighted by Gasteiger charge is 2.24. The van der Waals surface area contributed by atoms with Gasteiger partial charge in [0.1, 0.15) is 23.0 Å². The van der Waals surface area contributed by atoms with E-state index in [4.69, 9.17) is 4.52 Å². The molecule has 126 valence electrons. The lowest BCUT2D eigenvalue weighted by Crippen LogP contribution is -2.18. The van der Waals surface area contributed by atoms with Gasteiger partial charge in [-0.2, -0.15) is 4.98 Å². The number of nitrogens with zero attached hydrogens (tertiary/aromatic N) is 5. The summed E-state index contributed by atoms with van der Waals surface area (Å²) in [5, 5.41) is 10.5. The van der Waals surface area contributed by atoms with E-state index in [2.05, 4.69) is 44.3 Å². The van der Waals surface area contributed by atoms with Gasteiger partial charge >= 0.3 is 0 Å². The van der Waals surface area contributed by atoms with E-state index in [-0.39, 0.29) is 12.0 Å². The molecule has 7 nitrogen and oxygen atoms in total. The third-order valence-electron chi connectivity index (χ3n) is 3.85. The lowest BCUT2D eigenvalue weighted by Gasteiger charge is -2.19. The van der Waals surface area contributed by atoms with Crippen LogP contribution in [0.4, 0.5) is 5.82 Å². The number of hydrogen-bond acceptors (Lipinski definition) is 8. The molecule has 4 aromatic rings.